The maximum atomic E-state index is 12.7. The van der Waals surface area contributed by atoms with Crippen molar-refractivity contribution < 1.29 is 14.3 Å². The summed E-state index contributed by atoms with van der Waals surface area (Å²) >= 11 is 6.13. The van der Waals surface area contributed by atoms with E-state index < -0.39 is 0 Å². The SMILES string of the molecule is CN=C(NCCCN1C(=O)C2C3C=CC(C3)C2C1=O)NCC(C)Oc1ccccc1Cl. The topological polar surface area (TPSA) is 83.0 Å². The summed E-state index contributed by atoms with van der Waals surface area (Å²) in [4.78, 5) is 31.1. The van der Waals surface area contributed by atoms with Crippen molar-refractivity contribution in [1.82, 2.24) is 15.5 Å². The highest BCUT2D eigenvalue weighted by atomic mass is 35.5. The number of amides is 2. The van der Waals surface area contributed by atoms with Crippen LogP contribution in [0.5, 0.6) is 5.75 Å². The summed E-state index contributed by atoms with van der Waals surface area (Å²) in [7, 11) is 1.70. The molecule has 1 aromatic rings. The largest absolute Gasteiger partial charge is 0.487 e. The number of imide groups is 1. The van der Waals surface area contributed by atoms with Gasteiger partial charge in [0.2, 0.25) is 11.8 Å². The molecule has 0 spiro atoms. The summed E-state index contributed by atoms with van der Waals surface area (Å²) in [6.45, 7) is 3.55. The van der Waals surface area contributed by atoms with Gasteiger partial charge in [-0.05, 0) is 43.7 Å². The number of aliphatic imine (C=N–C) groups is 1. The lowest BCUT2D eigenvalue weighted by atomic mass is 9.85. The van der Waals surface area contributed by atoms with Gasteiger partial charge in [-0.2, -0.15) is 0 Å². The second-order valence-corrected chi connectivity index (χ2v) is 8.83. The first-order valence-corrected chi connectivity index (χ1v) is 11.3. The molecule has 166 valence electrons. The van der Waals surface area contributed by atoms with Gasteiger partial charge < -0.3 is 15.4 Å². The number of rotatable bonds is 8. The van der Waals surface area contributed by atoms with Gasteiger partial charge in [0, 0.05) is 20.1 Å². The third kappa shape index (κ3) is 4.42. The van der Waals surface area contributed by atoms with Crippen LogP contribution in [0.1, 0.15) is 19.8 Å². The Balaban J connectivity index is 1.18. The van der Waals surface area contributed by atoms with Gasteiger partial charge in [-0.25, -0.2) is 0 Å². The van der Waals surface area contributed by atoms with E-state index in [-0.39, 0.29) is 41.6 Å². The molecular formula is C23H29ClN4O3. The molecule has 8 heteroatoms. The van der Waals surface area contributed by atoms with E-state index in [2.05, 4.69) is 27.8 Å². The number of guanidine groups is 1. The Morgan fingerprint density at radius 1 is 1.19 bits per heavy atom. The standard InChI is InChI=1S/C23H29ClN4O3/c1-14(31-18-7-4-3-6-17(18)24)13-27-23(25-2)26-10-5-11-28-21(29)19-15-8-9-16(12-15)20(19)22(28)30/h3-4,6-9,14-16,19-20H,5,10-13H2,1-2H3,(H2,25,26,27). The van der Waals surface area contributed by atoms with Crippen LogP contribution in [-0.4, -0.2) is 55.5 Å². The summed E-state index contributed by atoms with van der Waals surface area (Å²) in [5.74, 6) is 1.59. The highest BCUT2D eigenvalue weighted by Crippen LogP contribution is 2.52. The number of halogens is 1. The lowest BCUT2D eigenvalue weighted by Gasteiger charge is -2.19. The van der Waals surface area contributed by atoms with Gasteiger partial charge in [0.1, 0.15) is 11.9 Å². The second kappa shape index (κ2) is 9.30. The number of fused-ring (bicyclic) bond motifs is 5. The fraction of sp³-hybridized carbons (Fsp3) is 0.522. The van der Waals surface area contributed by atoms with E-state index in [0.717, 1.165) is 6.42 Å². The maximum Gasteiger partial charge on any atom is 0.233 e. The summed E-state index contributed by atoms with van der Waals surface area (Å²) in [6.07, 6.45) is 5.76. The molecule has 1 aromatic carbocycles. The quantitative estimate of drug-likeness (QED) is 0.211. The number of allylic oxidation sites excluding steroid dienone is 2. The van der Waals surface area contributed by atoms with Crippen molar-refractivity contribution in [2.24, 2.45) is 28.7 Å². The number of carbonyl (C=O) groups is 2. The first kappa shape index (κ1) is 21.7. The number of nitrogens with one attached hydrogen (secondary N) is 2. The number of nitrogens with zero attached hydrogens (tertiary/aromatic N) is 2. The first-order chi connectivity index (χ1) is 15.0. The number of hydrogen-bond acceptors (Lipinski definition) is 4. The highest BCUT2D eigenvalue weighted by Gasteiger charge is 2.58. The normalized spacial score (nSPS) is 27.6. The lowest BCUT2D eigenvalue weighted by Crippen LogP contribution is -2.43. The Morgan fingerprint density at radius 2 is 1.87 bits per heavy atom. The van der Waals surface area contributed by atoms with Crippen LogP contribution in [0, 0.1) is 23.7 Å². The Bertz CT molecular complexity index is 873. The van der Waals surface area contributed by atoms with Gasteiger partial charge in [0.05, 0.1) is 23.4 Å². The summed E-state index contributed by atoms with van der Waals surface area (Å²) in [5.41, 5.74) is 0. The smallest absolute Gasteiger partial charge is 0.233 e. The minimum absolute atomic E-state index is 0.0138. The summed E-state index contributed by atoms with van der Waals surface area (Å²) < 4.78 is 5.85. The Morgan fingerprint density at radius 3 is 2.52 bits per heavy atom. The molecule has 2 amide bonds. The molecule has 5 unspecified atom stereocenters. The molecule has 2 bridgehead atoms. The van der Waals surface area contributed by atoms with Gasteiger partial charge in [-0.1, -0.05) is 35.9 Å². The minimum atomic E-state index is -0.121. The van der Waals surface area contributed by atoms with E-state index in [1.54, 1.807) is 13.1 Å². The molecule has 1 saturated heterocycles. The molecule has 0 radical (unpaired) electrons. The number of hydrogen-bond donors (Lipinski definition) is 2. The van der Waals surface area contributed by atoms with Gasteiger partial charge in [0.15, 0.2) is 5.96 Å². The van der Waals surface area contributed by atoms with E-state index in [1.165, 1.54) is 4.90 Å². The zero-order chi connectivity index (χ0) is 22.0. The first-order valence-electron chi connectivity index (χ1n) is 10.9. The molecule has 5 atom stereocenters. The average molecular weight is 445 g/mol. The number of ether oxygens (including phenoxy) is 1. The van der Waals surface area contributed by atoms with Crippen LogP contribution >= 0.6 is 11.6 Å². The van der Waals surface area contributed by atoms with Crippen LogP contribution in [0.15, 0.2) is 41.4 Å². The van der Waals surface area contributed by atoms with Crippen LogP contribution in [0.3, 0.4) is 0 Å². The third-order valence-corrected chi connectivity index (χ3v) is 6.67. The second-order valence-electron chi connectivity index (χ2n) is 8.42. The Labute approximate surface area is 187 Å². The number of likely N-dealkylation sites (tertiary alicyclic amines) is 1. The molecule has 7 nitrogen and oxygen atoms in total. The third-order valence-electron chi connectivity index (χ3n) is 6.36. The van der Waals surface area contributed by atoms with Crippen molar-refractivity contribution in [1.29, 1.82) is 0 Å². The predicted molar refractivity (Wildman–Crippen MR) is 120 cm³/mol. The molecule has 2 fully saturated rings. The number of para-hydroxylation sites is 1. The van der Waals surface area contributed by atoms with Gasteiger partial charge in [-0.15, -0.1) is 0 Å². The van der Waals surface area contributed by atoms with E-state index >= 15 is 0 Å². The fourth-order valence-corrected chi connectivity index (χ4v) is 5.07. The number of benzene rings is 1. The Kier molecular flexibility index (Phi) is 6.51. The van der Waals surface area contributed by atoms with Crippen LogP contribution in [-0.2, 0) is 9.59 Å². The monoisotopic (exact) mass is 444 g/mol. The fourth-order valence-electron chi connectivity index (χ4n) is 4.89. The van der Waals surface area contributed by atoms with Crippen molar-refractivity contribution in [2.75, 3.05) is 26.7 Å². The summed E-state index contributed by atoms with van der Waals surface area (Å²) in [5, 5.41) is 7.03. The highest BCUT2D eigenvalue weighted by molar-refractivity contribution is 6.32. The molecule has 2 N–H and O–H groups in total. The van der Waals surface area contributed by atoms with E-state index in [4.69, 9.17) is 16.3 Å². The zero-order valence-electron chi connectivity index (χ0n) is 17.9. The van der Waals surface area contributed by atoms with Crippen LogP contribution < -0.4 is 15.4 Å². The van der Waals surface area contributed by atoms with Crippen LogP contribution in [0.2, 0.25) is 5.02 Å². The zero-order valence-corrected chi connectivity index (χ0v) is 18.6. The molecule has 2 aliphatic carbocycles. The predicted octanol–water partition coefficient (Wildman–Crippen LogP) is 2.47. The van der Waals surface area contributed by atoms with Crippen molar-refractivity contribution in [2.45, 2.75) is 25.9 Å². The maximum absolute atomic E-state index is 12.7. The van der Waals surface area contributed by atoms with E-state index in [9.17, 15) is 9.59 Å². The molecule has 4 rings (SSSR count). The van der Waals surface area contributed by atoms with E-state index in [0.29, 0.717) is 42.8 Å². The molecular weight excluding hydrogens is 416 g/mol. The van der Waals surface area contributed by atoms with Crippen molar-refractivity contribution in [3.05, 3.63) is 41.4 Å². The van der Waals surface area contributed by atoms with Crippen LogP contribution in [0.4, 0.5) is 0 Å². The molecule has 1 saturated carbocycles. The summed E-state index contributed by atoms with van der Waals surface area (Å²) in [6, 6.07) is 7.37. The molecule has 1 aliphatic heterocycles. The molecule has 3 aliphatic rings. The van der Waals surface area contributed by atoms with Crippen molar-refractivity contribution >= 4 is 29.4 Å². The number of carbonyl (C=O) groups excluding carboxylic acids is 2. The van der Waals surface area contributed by atoms with Gasteiger partial charge in [0.25, 0.3) is 0 Å². The molecule has 1 heterocycles. The average Bonchev–Trinajstić information content (AvgIpc) is 3.44. The van der Waals surface area contributed by atoms with E-state index in [1.807, 2.05) is 25.1 Å². The lowest BCUT2D eigenvalue weighted by molar-refractivity contribution is -0.140. The van der Waals surface area contributed by atoms with Crippen molar-refractivity contribution in [3.8, 4) is 5.75 Å². The van der Waals surface area contributed by atoms with Gasteiger partial charge >= 0.3 is 0 Å². The molecule has 0 aromatic heterocycles. The Hall–Kier alpha value is -2.54. The van der Waals surface area contributed by atoms with Crippen molar-refractivity contribution in [3.63, 3.8) is 0 Å². The minimum Gasteiger partial charge on any atom is -0.487 e. The van der Waals surface area contributed by atoms with Crippen LogP contribution in [0.25, 0.3) is 0 Å². The molecule has 31 heavy (non-hydrogen) atoms. The van der Waals surface area contributed by atoms with Gasteiger partial charge in [-0.3, -0.25) is 19.5 Å².